The van der Waals surface area contributed by atoms with Crippen LogP contribution in [0.15, 0.2) is 12.5 Å². The van der Waals surface area contributed by atoms with Crippen LogP contribution in [0.4, 0.5) is 0 Å². The van der Waals surface area contributed by atoms with E-state index < -0.39 is 0 Å². The third-order valence-electron chi connectivity index (χ3n) is 8.38. The molecule has 4 aromatic rings. The summed E-state index contributed by atoms with van der Waals surface area (Å²) in [4.78, 5) is 24.6. The number of carbonyl (C=O) groups is 1. The molecular formula is C26H32N6OS. The summed E-state index contributed by atoms with van der Waals surface area (Å²) < 4.78 is 1.89. The molecule has 2 fully saturated rings. The van der Waals surface area contributed by atoms with E-state index in [2.05, 4.69) is 60.8 Å². The van der Waals surface area contributed by atoms with Crippen LogP contribution >= 0.6 is 11.3 Å². The zero-order valence-electron chi connectivity index (χ0n) is 20.5. The molecule has 2 aliphatic rings. The van der Waals surface area contributed by atoms with Crippen LogP contribution in [0.1, 0.15) is 65.7 Å². The third-order valence-corrected chi connectivity index (χ3v) is 9.70. The maximum absolute atomic E-state index is 11.3. The van der Waals surface area contributed by atoms with Crippen LogP contribution in [-0.2, 0) is 4.79 Å². The second-order valence-corrected chi connectivity index (χ2v) is 11.8. The minimum Gasteiger partial charge on any atom is -0.369 e. The molecule has 4 aromatic heterocycles. The van der Waals surface area contributed by atoms with E-state index in [0.717, 1.165) is 18.7 Å². The molecule has 1 aliphatic carbocycles. The van der Waals surface area contributed by atoms with E-state index in [0.29, 0.717) is 23.8 Å². The number of amides is 1. The summed E-state index contributed by atoms with van der Waals surface area (Å²) >= 11 is 1.94. The fraction of sp³-hybridized carbons (Fsp3) is 0.500. The lowest BCUT2D eigenvalue weighted by atomic mass is 9.55. The van der Waals surface area contributed by atoms with Gasteiger partial charge in [0.1, 0.15) is 11.2 Å². The van der Waals surface area contributed by atoms with Gasteiger partial charge in [-0.15, -0.1) is 11.3 Å². The molecule has 0 aromatic carbocycles. The van der Waals surface area contributed by atoms with Crippen LogP contribution in [0, 0.1) is 26.2 Å². The monoisotopic (exact) mass is 476 g/mol. The summed E-state index contributed by atoms with van der Waals surface area (Å²) in [5.74, 6) is 0.748. The quantitative estimate of drug-likeness (QED) is 0.438. The van der Waals surface area contributed by atoms with Gasteiger partial charge in [-0.25, -0.2) is 9.50 Å². The number of pyridine rings is 1. The van der Waals surface area contributed by atoms with Crippen molar-refractivity contribution in [2.45, 2.75) is 59.3 Å². The van der Waals surface area contributed by atoms with Crippen molar-refractivity contribution in [3.63, 3.8) is 0 Å². The number of aromatic nitrogens is 4. The number of primary amides is 1. The van der Waals surface area contributed by atoms with E-state index in [9.17, 15) is 4.79 Å². The van der Waals surface area contributed by atoms with Crippen LogP contribution < -0.4 is 5.73 Å². The molecule has 1 aliphatic heterocycles. The Morgan fingerprint density at radius 2 is 2.03 bits per heavy atom. The third kappa shape index (κ3) is 2.94. The Morgan fingerprint density at radius 3 is 2.68 bits per heavy atom. The molecule has 0 bridgehead atoms. The second kappa shape index (κ2) is 7.39. The Kier molecular flexibility index (Phi) is 4.74. The van der Waals surface area contributed by atoms with Crippen LogP contribution in [0.25, 0.3) is 27.1 Å². The maximum Gasteiger partial charge on any atom is 0.231 e. The van der Waals surface area contributed by atoms with Crippen LogP contribution in [0.5, 0.6) is 0 Å². The summed E-state index contributed by atoms with van der Waals surface area (Å²) in [5, 5.41) is 5.81. The SMILES string of the molecule is Cc1c(-c2[nH]c3sc([C@@H]4CCC45CN(CC(N)=O)C5)c(C)c3c2C(C)C)cn2ncnc2c1C. The molecule has 1 atom stereocenters. The number of hydrogen-bond acceptors (Lipinski definition) is 5. The predicted molar refractivity (Wildman–Crippen MR) is 136 cm³/mol. The minimum absolute atomic E-state index is 0.227. The van der Waals surface area contributed by atoms with Crippen molar-refractivity contribution in [1.29, 1.82) is 0 Å². The summed E-state index contributed by atoms with van der Waals surface area (Å²) in [6.07, 6.45) is 6.22. The average Bonchev–Trinajstić information content (AvgIpc) is 3.41. The number of aryl methyl sites for hydroxylation is 2. The highest BCUT2D eigenvalue weighted by Crippen LogP contribution is 2.61. The van der Waals surface area contributed by atoms with Gasteiger partial charge >= 0.3 is 0 Å². The normalized spacial score (nSPS) is 19.9. The number of carbonyl (C=O) groups excluding carboxylic acids is 1. The van der Waals surface area contributed by atoms with Gasteiger partial charge in [0.2, 0.25) is 5.91 Å². The molecule has 6 rings (SSSR count). The predicted octanol–water partition coefficient (Wildman–Crippen LogP) is 4.65. The lowest BCUT2D eigenvalue weighted by Gasteiger charge is -2.60. The van der Waals surface area contributed by atoms with E-state index in [-0.39, 0.29) is 5.91 Å². The molecule has 1 spiro atoms. The van der Waals surface area contributed by atoms with Crippen molar-refractivity contribution >= 4 is 33.1 Å². The molecule has 0 radical (unpaired) electrons. The zero-order chi connectivity index (χ0) is 23.9. The number of nitrogens with one attached hydrogen (secondary N) is 1. The summed E-state index contributed by atoms with van der Waals surface area (Å²) in [6, 6.07) is 0. The van der Waals surface area contributed by atoms with Crippen LogP contribution in [0.2, 0.25) is 0 Å². The Morgan fingerprint density at radius 1 is 1.26 bits per heavy atom. The molecule has 7 nitrogen and oxygen atoms in total. The van der Waals surface area contributed by atoms with Crippen molar-refractivity contribution < 1.29 is 4.79 Å². The van der Waals surface area contributed by atoms with Gasteiger partial charge in [0.05, 0.1) is 12.2 Å². The lowest BCUT2D eigenvalue weighted by molar-refractivity contribution is -0.127. The number of rotatable bonds is 5. The Balaban J connectivity index is 1.43. The topological polar surface area (TPSA) is 92.3 Å². The van der Waals surface area contributed by atoms with Gasteiger partial charge in [-0.1, -0.05) is 13.8 Å². The largest absolute Gasteiger partial charge is 0.369 e. The molecule has 5 heterocycles. The number of aromatic amines is 1. The van der Waals surface area contributed by atoms with Crippen LogP contribution in [-0.4, -0.2) is 50.0 Å². The average molecular weight is 477 g/mol. The number of nitrogens with zero attached hydrogens (tertiary/aromatic N) is 4. The summed E-state index contributed by atoms with van der Waals surface area (Å²) in [7, 11) is 0. The van der Waals surface area contributed by atoms with Gasteiger partial charge in [-0.2, -0.15) is 5.10 Å². The van der Waals surface area contributed by atoms with Crippen LogP contribution in [0.3, 0.4) is 0 Å². The number of likely N-dealkylation sites (tertiary alicyclic amines) is 1. The number of fused-ring (bicyclic) bond motifs is 2. The lowest BCUT2D eigenvalue weighted by Crippen LogP contribution is -2.64. The molecule has 1 saturated carbocycles. The van der Waals surface area contributed by atoms with Crippen molar-refractivity contribution in [3.8, 4) is 11.3 Å². The van der Waals surface area contributed by atoms with E-state index in [1.54, 1.807) is 6.33 Å². The first-order valence-corrected chi connectivity index (χ1v) is 13.0. The van der Waals surface area contributed by atoms with E-state index >= 15 is 0 Å². The molecule has 178 valence electrons. The highest BCUT2D eigenvalue weighted by atomic mass is 32.1. The second-order valence-electron chi connectivity index (χ2n) is 10.7. The molecule has 8 heteroatoms. The fourth-order valence-corrected chi connectivity index (χ4v) is 7.99. The summed E-state index contributed by atoms with van der Waals surface area (Å²) in [5.41, 5.74) is 14.3. The molecular weight excluding hydrogens is 444 g/mol. The molecule has 0 unspecified atom stereocenters. The van der Waals surface area contributed by atoms with E-state index in [1.807, 2.05) is 15.9 Å². The highest BCUT2D eigenvalue weighted by molar-refractivity contribution is 7.19. The van der Waals surface area contributed by atoms with Gasteiger partial charge in [-0.05, 0) is 61.8 Å². The summed E-state index contributed by atoms with van der Waals surface area (Å²) in [6.45, 7) is 13.6. The number of thiophene rings is 1. The highest BCUT2D eigenvalue weighted by Gasteiger charge is 2.55. The van der Waals surface area contributed by atoms with Crippen molar-refractivity contribution in [3.05, 3.63) is 39.7 Å². The van der Waals surface area contributed by atoms with Gasteiger partial charge in [-0.3, -0.25) is 9.69 Å². The van der Waals surface area contributed by atoms with E-state index in [1.165, 1.54) is 61.4 Å². The van der Waals surface area contributed by atoms with Gasteiger partial charge in [0.15, 0.2) is 5.65 Å². The maximum atomic E-state index is 11.3. The van der Waals surface area contributed by atoms with Crippen molar-refractivity contribution in [1.82, 2.24) is 24.5 Å². The van der Waals surface area contributed by atoms with Gasteiger partial charge in [0.25, 0.3) is 0 Å². The standard InChI is InChI=1S/C26H32N6OS/c1-13(2)20-21-16(5)23(18-6-7-26(18)10-31(11-26)9-19(27)33)34-25(21)30-22(20)17-8-32-24(28-12-29-32)15(4)14(17)3/h8,12-13,18,30H,6-7,9-11H2,1-5H3,(H2,27,33)/t18-/m0/s1. The first-order valence-electron chi connectivity index (χ1n) is 12.2. The molecule has 3 N–H and O–H groups in total. The van der Waals surface area contributed by atoms with Crippen molar-refractivity contribution in [2.75, 3.05) is 19.6 Å². The first-order chi connectivity index (χ1) is 16.2. The Hall–Kier alpha value is -2.71. The molecule has 1 amide bonds. The number of H-pyrrole nitrogens is 1. The van der Waals surface area contributed by atoms with Crippen molar-refractivity contribution in [2.24, 2.45) is 11.1 Å². The van der Waals surface area contributed by atoms with E-state index in [4.69, 9.17) is 5.73 Å². The Labute approximate surface area is 203 Å². The number of hydrogen-bond donors (Lipinski definition) is 2. The van der Waals surface area contributed by atoms with Gasteiger partial charge in [0, 0.05) is 46.4 Å². The Bertz CT molecular complexity index is 1450. The molecule has 34 heavy (non-hydrogen) atoms. The number of nitrogens with two attached hydrogens (primary N) is 1. The molecule has 1 saturated heterocycles. The van der Waals surface area contributed by atoms with Gasteiger partial charge < -0.3 is 10.7 Å². The smallest absolute Gasteiger partial charge is 0.231 e. The first kappa shape index (κ1) is 21.8. The minimum atomic E-state index is -0.227. The fourth-order valence-electron chi connectivity index (χ4n) is 6.49. The zero-order valence-corrected chi connectivity index (χ0v) is 21.3.